The molecule has 146 valence electrons. The van der Waals surface area contributed by atoms with Crippen LogP contribution in [-0.4, -0.2) is 5.97 Å². The van der Waals surface area contributed by atoms with Gasteiger partial charge in [0.1, 0.15) is 5.75 Å². The van der Waals surface area contributed by atoms with Crippen molar-refractivity contribution in [2.24, 2.45) is 0 Å². The van der Waals surface area contributed by atoms with E-state index in [1.165, 1.54) is 70.6 Å². The second kappa shape index (κ2) is 16.9. The highest BCUT2D eigenvalue weighted by atomic mass is 16.5. The van der Waals surface area contributed by atoms with Crippen molar-refractivity contribution >= 4 is 5.97 Å². The van der Waals surface area contributed by atoms with Gasteiger partial charge in [-0.3, -0.25) is 4.79 Å². The van der Waals surface area contributed by atoms with Crippen LogP contribution in [0.1, 0.15) is 96.8 Å². The summed E-state index contributed by atoms with van der Waals surface area (Å²) in [6.45, 7) is 2.27. The second-order valence-electron chi connectivity index (χ2n) is 7.12. The van der Waals surface area contributed by atoms with Gasteiger partial charge in [-0.05, 0) is 31.4 Å². The zero-order valence-electron chi connectivity index (χ0n) is 16.8. The Morgan fingerprint density at radius 2 is 1.31 bits per heavy atom. The molecule has 1 rings (SSSR count). The summed E-state index contributed by atoms with van der Waals surface area (Å²) in [5, 5.41) is 0. The molecule has 0 aliphatic heterocycles. The smallest absolute Gasteiger partial charge is 0.311 e. The van der Waals surface area contributed by atoms with E-state index in [0.717, 1.165) is 12.8 Å². The van der Waals surface area contributed by atoms with Crippen molar-refractivity contribution in [2.45, 2.75) is 96.8 Å². The molecule has 0 spiro atoms. The molecule has 0 radical (unpaired) electrons. The summed E-state index contributed by atoms with van der Waals surface area (Å²) in [5.41, 5.74) is 0. The lowest BCUT2D eigenvalue weighted by Gasteiger charge is -2.02. The summed E-state index contributed by atoms with van der Waals surface area (Å²) in [6, 6.07) is 9.27. The number of carbonyl (C=O) groups is 1. The average Bonchev–Trinajstić information content (AvgIpc) is 2.65. The Morgan fingerprint density at radius 3 is 1.92 bits per heavy atom. The standard InChI is InChI=1S/C24H38O2/c1-2-3-4-5-6-7-8-9-10-11-12-13-14-15-19-22-24(25)26-23-20-17-16-18-21-23/h14-18,20-21H,2-13,19,22H2,1H3/b15-14+. The van der Waals surface area contributed by atoms with E-state index in [0.29, 0.717) is 12.2 Å². The number of rotatable bonds is 16. The zero-order chi connectivity index (χ0) is 18.7. The van der Waals surface area contributed by atoms with E-state index >= 15 is 0 Å². The molecule has 2 nitrogen and oxygen atoms in total. The number of hydrogen-bond donors (Lipinski definition) is 0. The number of ether oxygens (including phenoxy) is 1. The summed E-state index contributed by atoms with van der Waals surface area (Å²) in [6.07, 6.45) is 21.9. The topological polar surface area (TPSA) is 26.3 Å². The summed E-state index contributed by atoms with van der Waals surface area (Å²) >= 11 is 0. The van der Waals surface area contributed by atoms with Crippen molar-refractivity contribution in [3.8, 4) is 5.75 Å². The van der Waals surface area contributed by atoms with Gasteiger partial charge < -0.3 is 4.74 Å². The Bertz CT molecular complexity index is 464. The quantitative estimate of drug-likeness (QED) is 0.131. The van der Waals surface area contributed by atoms with Crippen molar-refractivity contribution in [2.75, 3.05) is 0 Å². The summed E-state index contributed by atoms with van der Waals surface area (Å²) in [5.74, 6) is 0.470. The molecule has 26 heavy (non-hydrogen) atoms. The van der Waals surface area contributed by atoms with Crippen molar-refractivity contribution < 1.29 is 9.53 Å². The highest BCUT2D eigenvalue weighted by Crippen LogP contribution is 2.12. The maximum Gasteiger partial charge on any atom is 0.311 e. The lowest BCUT2D eigenvalue weighted by Crippen LogP contribution is -2.06. The van der Waals surface area contributed by atoms with Gasteiger partial charge in [-0.1, -0.05) is 101 Å². The largest absolute Gasteiger partial charge is 0.427 e. The van der Waals surface area contributed by atoms with E-state index < -0.39 is 0 Å². The maximum atomic E-state index is 11.7. The fraction of sp³-hybridized carbons (Fsp3) is 0.625. The number of carbonyl (C=O) groups excluding carboxylic acids is 1. The van der Waals surface area contributed by atoms with Gasteiger partial charge in [0.25, 0.3) is 0 Å². The van der Waals surface area contributed by atoms with E-state index in [9.17, 15) is 4.79 Å². The van der Waals surface area contributed by atoms with Crippen molar-refractivity contribution in [1.29, 1.82) is 0 Å². The molecule has 0 unspecified atom stereocenters. The normalized spacial score (nSPS) is 11.1. The summed E-state index contributed by atoms with van der Waals surface area (Å²) in [7, 11) is 0. The molecule has 0 heterocycles. The number of allylic oxidation sites excluding steroid dienone is 2. The van der Waals surface area contributed by atoms with E-state index in [-0.39, 0.29) is 5.97 Å². The number of hydrogen-bond acceptors (Lipinski definition) is 2. The number of esters is 1. The highest BCUT2D eigenvalue weighted by Gasteiger charge is 2.02. The molecule has 0 bridgehead atoms. The highest BCUT2D eigenvalue weighted by molar-refractivity contribution is 5.72. The molecule has 0 saturated carbocycles. The van der Waals surface area contributed by atoms with Gasteiger partial charge in [0, 0.05) is 6.42 Å². The minimum Gasteiger partial charge on any atom is -0.427 e. The first kappa shape index (κ1) is 22.5. The molecule has 0 saturated heterocycles. The van der Waals surface area contributed by atoms with Crippen molar-refractivity contribution in [1.82, 2.24) is 0 Å². The van der Waals surface area contributed by atoms with E-state index in [1.54, 1.807) is 12.1 Å². The molecule has 0 N–H and O–H groups in total. The molecule has 1 aromatic carbocycles. The SMILES string of the molecule is CCCCCCCCCCCCC/C=C/CCC(=O)Oc1ccccc1. The maximum absolute atomic E-state index is 11.7. The van der Waals surface area contributed by atoms with Gasteiger partial charge in [-0.25, -0.2) is 0 Å². The molecule has 0 aliphatic rings. The Hall–Kier alpha value is -1.57. The predicted octanol–water partition coefficient (Wildman–Crippen LogP) is 7.63. The number of unbranched alkanes of at least 4 members (excludes halogenated alkanes) is 11. The lowest BCUT2D eigenvalue weighted by atomic mass is 10.1. The predicted molar refractivity (Wildman–Crippen MR) is 112 cm³/mol. The van der Waals surface area contributed by atoms with E-state index in [2.05, 4.69) is 19.1 Å². The fourth-order valence-electron chi connectivity index (χ4n) is 3.03. The molecule has 0 atom stereocenters. The van der Waals surface area contributed by atoms with E-state index in [4.69, 9.17) is 4.74 Å². The molecular weight excluding hydrogens is 320 g/mol. The van der Waals surface area contributed by atoms with Crippen LogP contribution in [0.4, 0.5) is 0 Å². The summed E-state index contributed by atoms with van der Waals surface area (Å²) < 4.78 is 5.26. The minimum absolute atomic E-state index is 0.157. The van der Waals surface area contributed by atoms with Gasteiger partial charge in [0.05, 0.1) is 0 Å². The molecule has 0 aliphatic carbocycles. The zero-order valence-corrected chi connectivity index (χ0v) is 16.8. The third-order valence-electron chi connectivity index (χ3n) is 4.63. The second-order valence-corrected chi connectivity index (χ2v) is 7.12. The van der Waals surface area contributed by atoms with Crippen LogP contribution in [0, 0.1) is 0 Å². The van der Waals surface area contributed by atoms with Gasteiger partial charge >= 0.3 is 5.97 Å². The van der Waals surface area contributed by atoms with Gasteiger partial charge in [0.2, 0.25) is 0 Å². The molecule has 0 amide bonds. The molecule has 1 aromatic rings. The molecule has 0 aromatic heterocycles. The third-order valence-corrected chi connectivity index (χ3v) is 4.63. The van der Waals surface area contributed by atoms with Crippen LogP contribution in [0.15, 0.2) is 42.5 Å². The fourth-order valence-corrected chi connectivity index (χ4v) is 3.03. The van der Waals surface area contributed by atoms with Crippen LogP contribution >= 0.6 is 0 Å². The molecular formula is C24H38O2. The Labute approximate surface area is 161 Å². The Balaban J connectivity index is 1.84. The van der Waals surface area contributed by atoms with Crippen molar-refractivity contribution in [3.05, 3.63) is 42.5 Å². The Morgan fingerprint density at radius 1 is 0.769 bits per heavy atom. The Kier molecular flexibility index (Phi) is 14.6. The first-order valence-corrected chi connectivity index (χ1v) is 10.7. The summed E-state index contributed by atoms with van der Waals surface area (Å²) in [4.78, 5) is 11.7. The van der Waals surface area contributed by atoms with Crippen LogP contribution < -0.4 is 4.74 Å². The van der Waals surface area contributed by atoms with Crippen LogP contribution in [-0.2, 0) is 4.79 Å². The third kappa shape index (κ3) is 13.7. The van der Waals surface area contributed by atoms with Gasteiger partial charge in [0.15, 0.2) is 0 Å². The van der Waals surface area contributed by atoms with Crippen LogP contribution in [0.25, 0.3) is 0 Å². The van der Waals surface area contributed by atoms with E-state index in [1.807, 2.05) is 18.2 Å². The van der Waals surface area contributed by atoms with Crippen LogP contribution in [0.3, 0.4) is 0 Å². The molecule has 2 heteroatoms. The first-order chi connectivity index (χ1) is 12.8. The van der Waals surface area contributed by atoms with Gasteiger partial charge in [-0.15, -0.1) is 0 Å². The monoisotopic (exact) mass is 358 g/mol. The van der Waals surface area contributed by atoms with Crippen molar-refractivity contribution in [3.63, 3.8) is 0 Å². The first-order valence-electron chi connectivity index (χ1n) is 10.7. The number of benzene rings is 1. The average molecular weight is 359 g/mol. The lowest BCUT2D eigenvalue weighted by molar-refractivity contribution is -0.134. The molecule has 0 fully saturated rings. The number of para-hydroxylation sites is 1. The van der Waals surface area contributed by atoms with Crippen LogP contribution in [0.5, 0.6) is 5.75 Å². The van der Waals surface area contributed by atoms with Crippen LogP contribution in [0.2, 0.25) is 0 Å². The van der Waals surface area contributed by atoms with Gasteiger partial charge in [-0.2, -0.15) is 0 Å². The minimum atomic E-state index is -0.157.